The highest BCUT2D eigenvalue weighted by atomic mass is 79.9. The van der Waals surface area contributed by atoms with Crippen molar-refractivity contribution in [3.63, 3.8) is 0 Å². The summed E-state index contributed by atoms with van der Waals surface area (Å²) in [6.45, 7) is 0.489. The SMILES string of the molecule is N#Cc1c(/N=C/c2ccc(OCc3ccc(Br)cc3)cc2)oc(-c2ccccc2)c1-c1ccccc1. The van der Waals surface area contributed by atoms with Gasteiger partial charge in [-0.1, -0.05) is 88.7 Å². The number of aliphatic imine (C=N–C) groups is 1. The van der Waals surface area contributed by atoms with Gasteiger partial charge in [-0.05, 0) is 53.1 Å². The third-order valence-electron chi connectivity index (χ3n) is 5.63. The van der Waals surface area contributed by atoms with Crippen LogP contribution in [-0.4, -0.2) is 6.21 Å². The zero-order valence-corrected chi connectivity index (χ0v) is 20.9. The van der Waals surface area contributed by atoms with Crippen LogP contribution in [0.15, 0.2) is 123 Å². The molecule has 1 heterocycles. The van der Waals surface area contributed by atoms with Crippen LogP contribution in [0.4, 0.5) is 5.88 Å². The lowest BCUT2D eigenvalue weighted by Crippen LogP contribution is -1.95. The number of rotatable bonds is 7. The van der Waals surface area contributed by atoms with E-state index >= 15 is 0 Å². The number of nitriles is 1. The van der Waals surface area contributed by atoms with Gasteiger partial charge in [0.1, 0.15) is 29.7 Å². The molecule has 0 aliphatic heterocycles. The third-order valence-corrected chi connectivity index (χ3v) is 6.16. The molecule has 4 aromatic carbocycles. The first kappa shape index (κ1) is 23.3. The molecule has 174 valence electrons. The van der Waals surface area contributed by atoms with Crippen molar-refractivity contribution in [3.05, 3.63) is 130 Å². The number of benzene rings is 4. The van der Waals surface area contributed by atoms with Crippen LogP contribution in [0, 0.1) is 11.3 Å². The molecule has 4 nitrogen and oxygen atoms in total. The van der Waals surface area contributed by atoms with Crippen LogP contribution >= 0.6 is 15.9 Å². The van der Waals surface area contributed by atoms with E-state index in [0.717, 1.165) is 38.0 Å². The minimum Gasteiger partial charge on any atom is -0.489 e. The number of furan rings is 1. The second-order valence-electron chi connectivity index (χ2n) is 8.07. The maximum absolute atomic E-state index is 10.0. The fourth-order valence-corrected chi connectivity index (χ4v) is 4.08. The van der Waals surface area contributed by atoms with Gasteiger partial charge in [-0.25, -0.2) is 4.99 Å². The van der Waals surface area contributed by atoms with Crippen molar-refractivity contribution in [2.45, 2.75) is 6.61 Å². The van der Waals surface area contributed by atoms with Gasteiger partial charge in [-0.2, -0.15) is 5.26 Å². The molecule has 0 aliphatic carbocycles. The number of hydrogen-bond acceptors (Lipinski definition) is 4. The van der Waals surface area contributed by atoms with Crippen LogP contribution in [-0.2, 0) is 6.61 Å². The Bertz CT molecular complexity index is 1520. The molecule has 0 fully saturated rings. The van der Waals surface area contributed by atoms with Crippen molar-refractivity contribution < 1.29 is 9.15 Å². The first-order valence-electron chi connectivity index (χ1n) is 11.4. The van der Waals surface area contributed by atoms with Crippen LogP contribution in [0.25, 0.3) is 22.5 Å². The highest BCUT2D eigenvalue weighted by Gasteiger charge is 2.22. The molecule has 0 saturated heterocycles. The topological polar surface area (TPSA) is 58.5 Å². The minimum absolute atomic E-state index is 0.283. The predicted molar refractivity (Wildman–Crippen MR) is 146 cm³/mol. The highest BCUT2D eigenvalue weighted by molar-refractivity contribution is 9.10. The molecule has 1 aromatic heterocycles. The summed E-state index contributed by atoms with van der Waals surface area (Å²) in [6, 6.07) is 37.5. The molecule has 36 heavy (non-hydrogen) atoms. The Morgan fingerprint density at radius 2 is 1.44 bits per heavy atom. The molecule has 0 spiro atoms. The summed E-state index contributed by atoms with van der Waals surface area (Å²) in [4.78, 5) is 4.55. The van der Waals surface area contributed by atoms with E-state index in [9.17, 15) is 5.26 Å². The molecule has 0 saturated carbocycles. The van der Waals surface area contributed by atoms with Crippen LogP contribution in [0.3, 0.4) is 0 Å². The number of nitrogens with zero attached hydrogens (tertiary/aromatic N) is 2. The Morgan fingerprint density at radius 3 is 2.08 bits per heavy atom. The van der Waals surface area contributed by atoms with Crippen LogP contribution < -0.4 is 4.74 Å². The van der Waals surface area contributed by atoms with Crippen molar-refractivity contribution in [2.24, 2.45) is 4.99 Å². The molecule has 5 rings (SSSR count). The van der Waals surface area contributed by atoms with E-state index in [0.29, 0.717) is 17.9 Å². The standard InChI is InChI=1S/C31H21BrN2O2/c32-26-15-11-23(12-16-26)21-35-27-17-13-22(14-18-27)20-34-31-28(19-33)29(24-7-3-1-4-8-24)30(36-31)25-9-5-2-6-10-25/h1-18,20H,21H2/b34-20+. The predicted octanol–water partition coefficient (Wildman–Crippen LogP) is 8.58. The normalized spacial score (nSPS) is 10.9. The summed E-state index contributed by atoms with van der Waals surface area (Å²) < 4.78 is 13.1. The number of halogens is 1. The lowest BCUT2D eigenvalue weighted by molar-refractivity contribution is 0.306. The number of hydrogen-bond donors (Lipinski definition) is 0. The summed E-state index contributed by atoms with van der Waals surface area (Å²) in [5.41, 5.74) is 4.91. The van der Waals surface area contributed by atoms with Gasteiger partial charge in [0.25, 0.3) is 0 Å². The van der Waals surface area contributed by atoms with Gasteiger partial charge < -0.3 is 9.15 Å². The maximum Gasteiger partial charge on any atom is 0.238 e. The largest absolute Gasteiger partial charge is 0.489 e. The molecule has 0 amide bonds. The van der Waals surface area contributed by atoms with Gasteiger partial charge in [0.15, 0.2) is 0 Å². The van der Waals surface area contributed by atoms with Gasteiger partial charge in [0, 0.05) is 21.8 Å². The monoisotopic (exact) mass is 532 g/mol. The highest BCUT2D eigenvalue weighted by Crippen LogP contribution is 2.42. The van der Waals surface area contributed by atoms with E-state index in [-0.39, 0.29) is 5.88 Å². The molecule has 0 bridgehead atoms. The van der Waals surface area contributed by atoms with E-state index in [1.165, 1.54) is 0 Å². The molecular weight excluding hydrogens is 512 g/mol. The van der Waals surface area contributed by atoms with Crippen molar-refractivity contribution >= 4 is 28.0 Å². The maximum atomic E-state index is 10.0. The first-order chi connectivity index (χ1) is 17.7. The van der Waals surface area contributed by atoms with Gasteiger partial charge in [0.05, 0.1) is 0 Å². The van der Waals surface area contributed by atoms with Crippen molar-refractivity contribution in [1.29, 1.82) is 5.26 Å². The Morgan fingerprint density at radius 1 is 0.806 bits per heavy atom. The second-order valence-corrected chi connectivity index (χ2v) is 8.99. The van der Waals surface area contributed by atoms with Gasteiger partial charge in [0.2, 0.25) is 5.88 Å². The Labute approximate surface area is 218 Å². The zero-order chi connectivity index (χ0) is 24.7. The van der Waals surface area contributed by atoms with Crippen LogP contribution in [0.1, 0.15) is 16.7 Å². The number of ether oxygens (including phenoxy) is 1. The summed E-state index contributed by atoms with van der Waals surface area (Å²) in [5.74, 6) is 1.68. The van der Waals surface area contributed by atoms with E-state index < -0.39 is 0 Å². The van der Waals surface area contributed by atoms with Gasteiger partial charge in [-0.15, -0.1) is 0 Å². The van der Waals surface area contributed by atoms with Crippen molar-refractivity contribution in [3.8, 4) is 34.3 Å². The fraction of sp³-hybridized carbons (Fsp3) is 0.0323. The fourth-order valence-electron chi connectivity index (χ4n) is 3.82. The third kappa shape index (κ3) is 5.30. The average molecular weight is 533 g/mol. The average Bonchev–Trinajstić information content (AvgIpc) is 3.32. The Kier molecular flexibility index (Phi) is 7.07. The van der Waals surface area contributed by atoms with Crippen LogP contribution in [0.5, 0.6) is 5.75 Å². The van der Waals surface area contributed by atoms with Gasteiger partial charge in [-0.3, -0.25) is 0 Å². The van der Waals surface area contributed by atoms with E-state index in [2.05, 4.69) is 27.0 Å². The molecule has 5 heteroatoms. The molecule has 0 radical (unpaired) electrons. The molecule has 0 unspecified atom stereocenters. The van der Waals surface area contributed by atoms with Crippen LogP contribution in [0.2, 0.25) is 0 Å². The smallest absolute Gasteiger partial charge is 0.238 e. The molecule has 0 N–H and O–H groups in total. The molecule has 0 atom stereocenters. The van der Waals surface area contributed by atoms with E-state index in [1.54, 1.807) is 6.21 Å². The summed E-state index contributed by atoms with van der Waals surface area (Å²) in [7, 11) is 0. The Hall–Kier alpha value is -4.40. The van der Waals surface area contributed by atoms with Crippen molar-refractivity contribution in [2.75, 3.05) is 0 Å². The molecule has 5 aromatic rings. The summed E-state index contributed by atoms with van der Waals surface area (Å²) in [5, 5.41) is 10.0. The van der Waals surface area contributed by atoms with E-state index in [4.69, 9.17) is 9.15 Å². The van der Waals surface area contributed by atoms with Gasteiger partial charge >= 0.3 is 0 Å². The second kappa shape index (κ2) is 10.9. The van der Waals surface area contributed by atoms with Crippen molar-refractivity contribution in [1.82, 2.24) is 0 Å². The van der Waals surface area contributed by atoms with E-state index in [1.807, 2.05) is 109 Å². The lowest BCUT2D eigenvalue weighted by atomic mass is 9.98. The summed E-state index contributed by atoms with van der Waals surface area (Å²) >= 11 is 3.44. The quantitative estimate of drug-likeness (QED) is 0.197. The first-order valence-corrected chi connectivity index (χ1v) is 12.2. The summed E-state index contributed by atoms with van der Waals surface area (Å²) in [6.07, 6.45) is 1.70. The molecule has 0 aliphatic rings. The zero-order valence-electron chi connectivity index (χ0n) is 19.3. The molecular formula is C31H21BrN2O2. The Balaban J connectivity index is 1.40. The lowest BCUT2D eigenvalue weighted by Gasteiger charge is -2.06. The minimum atomic E-state index is 0.283.